The molecule has 0 bridgehead atoms. The Morgan fingerprint density at radius 2 is 2.00 bits per heavy atom. The van der Waals surface area contributed by atoms with Gasteiger partial charge in [-0.1, -0.05) is 12.1 Å². The Kier molecular flexibility index (Phi) is 4.14. The van der Waals surface area contributed by atoms with E-state index >= 15 is 0 Å². The number of aromatic nitrogens is 4. The van der Waals surface area contributed by atoms with Crippen molar-refractivity contribution in [2.24, 2.45) is 7.05 Å². The van der Waals surface area contributed by atoms with Gasteiger partial charge in [-0.3, -0.25) is 14.2 Å². The number of carbonyl (C=O) groups is 1. The predicted molar refractivity (Wildman–Crippen MR) is 101 cm³/mol. The molecule has 138 valence electrons. The number of hydrogen-bond donors (Lipinski definition) is 0. The van der Waals surface area contributed by atoms with E-state index in [1.54, 1.807) is 34.7 Å². The summed E-state index contributed by atoms with van der Waals surface area (Å²) < 4.78 is 23.2. The van der Waals surface area contributed by atoms with Gasteiger partial charge in [0.15, 0.2) is 0 Å². The lowest BCUT2D eigenvalue weighted by atomic mass is 9.98. The highest BCUT2D eigenvalue weighted by molar-refractivity contribution is 5.98. The van der Waals surface area contributed by atoms with Crippen molar-refractivity contribution in [1.82, 2.24) is 19.6 Å². The maximum Gasteiger partial charge on any atom is 0.327 e. The topological polar surface area (TPSA) is 61.9 Å². The zero-order valence-electron chi connectivity index (χ0n) is 15.4. The molecule has 4 rings (SSSR count). The van der Waals surface area contributed by atoms with Crippen molar-refractivity contribution >= 4 is 27.8 Å². The molecule has 0 aliphatic heterocycles. The third-order valence-electron chi connectivity index (χ3n) is 4.71. The van der Waals surface area contributed by atoms with Gasteiger partial charge in [0.25, 0.3) is 0 Å². The number of benzene rings is 2. The van der Waals surface area contributed by atoms with Crippen molar-refractivity contribution in [3.05, 3.63) is 48.0 Å². The molecule has 4 aromatic rings. The number of esters is 1. The smallest absolute Gasteiger partial charge is 0.327 e. The Bertz CT molecular complexity index is 1180. The summed E-state index contributed by atoms with van der Waals surface area (Å²) in [5.74, 6) is -0.673. The molecule has 0 aliphatic rings. The molecule has 27 heavy (non-hydrogen) atoms. The first kappa shape index (κ1) is 17.2. The number of aryl methyl sites for hydroxylation is 2. The molecule has 0 aliphatic carbocycles. The van der Waals surface area contributed by atoms with E-state index in [0.29, 0.717) is 12.2 Å². The standard InChI is InChI=1S/C20H19FN4O2/c1-4-27-19(26)11-25-20-12(2)5-6-14(16(20)10-23-25)15-8-18-13(7-17(15)21)9-22-24(18)3/h5-10H,4,11H2,1-3H3. The summed E-state index contributed by atoms with van der Waals surface area (Å²) in [7, 11) is 1.83. The number of hydrogen-bond acceptors (Lipinski definition) is 4. The first-order valence-corrected chi connectivity index (χ1v) is 8.72. The van der Waals surface area contributed by atoms with Crippen LogP contribution in [0.15, 0.2) is 36.7 Å². The first-order valence-electron chi connectivity index (χ1n) is 8.72. The summed E-state index contributed by atoms with van der Waals surface area (Å²) in [6.45, 7) is 4.04. The zero-order valence-corrected chi connectivity index (χ0v) is 15.4. The number of rotatable bonds is 4. The average Bonchev–Trinajstić information content (AvgIpc) is 3.20. The molecule has 0 atom stereocenters. The SMILES string of the molecule is CCOC(=O)Cn1ncc2c(-c3cc4c(cnn4C)cc3F)ccc(C)c21. The van der Waals surface area contributed by atoms with E-state index in [1.165, 1.54) is 6.07 Å². The molecular weight excluding hydrogens is 347 g/mol. The van der Waals surface area contributed by atoms with E-state index in [-0.39, 0.29) is 18.3 Å². The van der Waals surface area contributed by atoms with Crippen LogP contribution in [0.2, 0.25) is 0 Å². The van der Waals surface area contributed by atoms with Gasteiger partial charge in [-0.15, -0.1) is 0 Å². The van der Waals surface area contributed by atoms with Gasteiger partial charge in [0, 0.05) is 23.4 Å². The van der Waals surface area contributed by atoms with E-state index in [9.17, 15) is 9.18 Å². The van der Waals surface area contributed by atoms with Gasteiger partial charge in [-0.05, 0) is 37.1 Å². The van der Waals surface area contributed by atoms with E-state index in [0.717, 1.165) is 32.9 Å². The summed E-state index contributed by atoms with van der Waals surface area (Å²) >= 11 is 0. The molecule has 0 amide bonds. The maximum atomic E-state index is 14.8. The molecule has 2 aromatic carbocycles. The molecule has 0 saturated carbocycles. The normalized spacial score (nSPS) is 11.4. The number of carbonyl (C=O) groups excluding carboxylic acids is 1. The van der Waals surface area contributed by atoms with E-state index < -0.39 is 0 Å². The Labute approximate surface area is 155 Å². The number of fused-ring (bicyclic) bond motifs is 2. The molecule has 7 heteroatoms. The highest BCUT2D eigenvalue weighted by Gasteiger charge is 2.17. The van der Waals surface area contributed by atoms with Crippen LogP contribution >= 0.6 is 0 Å². The van der Waals surface area contributed by atoms with Crippen molar-refractivity contribution in [1.29, 1.82) is 0 Å². The first-order chi connectivity index (χ1) is 13.0. The fraction of sp³-hybridized carbons (Fsp3) is 0.250. The molecular formula is C20H19FN4O2. The van der Waals surface area contributed by atoms with Crippen LogP contribution in [0.4, 0.5) is 4.39 Å². The summed E-state index contributed by atoms with van der Waals surface area (Å²) in [4.78, 5) is 11.9. The quantitative estimate of drug-likeness (QED) is 0.518. The number of nitrogens with zero attached hydrogens (tertiary/aromatic N) is 4. The summed E-state index contributed by atoms with van der Waals surface area (Å²) in [5.41, 5.74) is 3.81. The van der Waals surface area contributed by atoms with E-state index in [1.807, 2.05) is 26.1 Å². The van der Waals surface area contributed by atoms with Crippen molar-refractivity contribution in [3.8, 4) is 11.1 Å². The Morgan fingerprint density at radius 1 is 1.19 bits per heavy atom. The Hall–Kier alpha value is -3.22. The fourth-order valence-corrected chi connectivity index (χ4v) is 3.44. The molecule has 0 saturated heterocycles. The van der Waals surface area contributed by atoms with Gasteiger partial charge < -0.3 is 4.74 Å². The lowest BCUT2D eigenvalue weighted by Crippen LogP contribution is -2.14. The highest BCUT2D eigenvalue weighted by Crippen LogP contribution is 2.34. The molecule has 2 heterocycles. The molecule has 2 aromatic heterocycles. The van der Waals surface area contributed by atoms with Crippen LogP contribution in [0.3, 0.4) is 0 Å². The average molecular weight is 366 g/mol. The fourth-order valence-electron chi connectivity index (χ4n) is 3.44. The second-order valence-corrected chi connectivity index (χ2v) is 6.46. The zero-order chi connectivity index (χ0) is 19.1. The van der Waals surface area contributed by atoms with Gasteiger partial charge in [-0.25, -0.2) is 4.39 Å². The molecule has 0 unspecified atom stereocenters. The minimum atomic E-state index is -0.352. The van der Waals surface area contributed by atoms with E-state index in [4.69, 9.17) is 4.74 Å². The van der Waals surface area contributed by atoms with Gasteiger partial charge in [0.1, 0.15) is 12.4 Å². The lowest BCUT2D eigenvalue weighted by molar-refractivity contribution is -0.143. The number of halogens is 1. The minimum Gasteiger partial charge on any atom is -0.465 e. The molecule has 0 fully saturated rings. The van der Waals surface area contributed by atoms with Gasteiger partial charge in [-0.2, -0.15) is 10.2 Å². The molecule has 0 spiro atoms. The maximum absolute atomic E-state index is 14.8. The van der Waals surface area contributed by atoms with Crippen LogP contribution in [0.1, 0.15) is 12.5 Å². The second kappa shape index (κ2) is 6.50. The van der Waals surface area contributed by atoms with Crippen molar-refractivity contribution in [2.45, 2.75) is 20.4 Å². The third-order valence-corrected chi connectivity index (χ3v) is 4.71. The van der Waals surface area contributed by atoms with Gasteiger partial charge >= 0.3 is 5.97 Å². The summed E-state index contributed by atoms with van der Waals surface area (Å²) in [6, 6.07) is 7.08. The largest absolute Gasteiger partial charge is 0.465 e. The number of ether oxygens (including phenoxy) is 1. The van der Waals surface area contributed by atoms with Crippen molar-refractivity contribution in [3.63, 3.8) is 0 Å². The van der Waals surface area contributed by atoms with Crippen molar-refractivity contribution < 1.29 is 13.9 Å². The van der Waals surface area contributed by atoms with Gasteiger partial charge in [0.05, 0.1) is 30.0 Å². The lowest BCUT2D eigenvalue weighted by Gasteiger charge is -2.10. The Morgan fingerprint density at radius 3 is 2.78 bits per heavy atom. The van der Waals surface area contributed by atoms with Crippen LogP contribution in [0, 0.1) is 12.7 Å². The van der Waals surface area contributed by atoms with Crippen LogP contribution in [0.5, 0.6) is 0 Å². The Balaban J connectivity index is 1.89. The molecule has 0 N–H and O–H groups in total. The highest BCUT2D eigenvalue weighted by atomic mass is 19.1. The van der Waals surface area contributed by atoms with Crippen LogP contribution in [-0.2, 0) is 23.1 Å². The predicted octanol–water partition coefficient (Wildman–Crippen LogP) is 3.60. The second-order valence-electron chi connectivity index (χ2n) is 6.46. The van der Waals surface area contributed by atoms with Crippen LogP contribution in [0.25, 0.3) is 32.9 Å². The third kappa shape index (κ3) is 2.85. The van der Waals surface area contributed by atoms with Crippen molar-refractivity contribution in [2.75, 3.05) is 6.61 Å². The minimum absolute atomic E-state index is 0.0187. The monoisotopic (exact) mass is 366 g/mol. The van der Waals surface area contributed by atoms with Crippen LogP contribution < -0.4 is 0 Å². The summed E-state index contributed by atoms with van der Waals surface area (Å²) in [5, 5.41) is 10.1. The van der Waals surface area contributed by atoms with Gasteiger partial charge in [0.2, 0.25) is 0 Å². The molecule has 0 radical (unpaired) electrons. The van der Waals surface area contributed by atoms with E-state index in [2.05, 4.69) is 10.2 Å². The molecule has 6 nitrogen and oxygen atoms in total. The van der Waals surface area contributed by atoms with Crippen LogP contribution in [-0.4, -0.2) is 32.1 Å². The summed E-state index contributed by atoms with van der Waals surface area (Å²) in [6.07, 6.45) is 3.31.